The number of ketones is 1. The molecule has 1 nitrogen and oxygen atoms in total. The Morgan fingerprint density at radius 2 is 1.33 bits per heavy atom. The largest absolute Gasteiger partial charge is 0.289 e. The predicted octanol–water partition coefficient (Wildman–Crippen LogP) is 4.28. The molecule has 21 heavy (non-hydrogen) atoms. The number of fused-ring (bicyclic) bond motifs is 2. The minimum absolute atomic E-state index is 0.140. The highest BCUT2D eigenvalue weighted by Crippen LogP contribution is 2.29. The van der Waals surface area contributed by atoms with Crippen molar-refractivity contribution in [1.29, 1.82) is 0 Å². The van der Waals surface area contributed by atoms with E-state index in [-0.39, 0.29) is 5.78 Å². The first-order chi connectivity index (χ1) is 10.2. The zero-order valence-corrected chi connectivity index (χ0v) is 12.1. The van der Waals surface area contributed by atoms with E-state index in [1.807, 2.05) is 36.4 Å². The number of rotatable bonds is 4. The third kappa shape index (κ3) is 2.47. The molecule has 0 atom stereocenters. The second-order valence-corrected chi connectivity index (χ2v) is 5.47. The van der Waals surface area contributed by atoms with Crippen LogP contribution in [0.1, 0.15) is 38.2 Å². The molecular formula is C20H18O. The molecule has 2 aromatic carbocycles. The van der Waals surface area contributed by atoms with Crippen LogP contribution >= 0.6 is 0 Å². The third-order valence-electron chi connectivity index (χ3n) is 3.97. The van der Waals surface area contributed by atoms with E-state index in [4.69, 9.17) is 0 Å². The first kappa shape index (κ1) is 13.6. The summed E-state index contributed by atoms with van der Waals surface area (Å²) < 4.78 is 0. The molecular weight excluding hydrogens is 256 g/mol. The second kappa shape index (κ2) is 5.53. The fraction of sp³-hybridized carbons (Fsp3) is 0.150. The van der Waals surface area contributed by atoms with Gasteiger partial charge >= 0.3 is 0 Å². The van der Waals surface area contributed by atoms with Crippen LogP contribution in [-0.4, -0.2) is 5.78 Å². The molecule has 2 aromatic rings. The summed E-state index contributed by atoms with van der Waals surface area (Å²) in [6, 6.07) is 12.2. The van der Waals surface area contributed by atoms with E-state index in [9.17, 15) is 4.79 Å². The first-order valence-electron chi connectivity index (χ1n) is 7.23. The number of benzene rings is 2. The topological polar surface area (TPSA) is 17.1 Å². The average molecular weight is 274 g/mol. The minimum Gasteiger partial charge on any atom is -0.289 e. The van der Waals surface area contributed by atoms with Gasteiger partial charge in [-0.2, -0.15) is 0 Å². The van der Waals surface area contributed by atoms with Gasteiger partial charge in [0.15, 0.2) is 5.78 Å². The van der Waals surface area contributed by atoms with Crippen molar-refractivity contribution in [3.63, 3.8) is 0 Å². The molecule has 1 aliphatic carbocycles. The highest BCUT2D eigenvalue weighted by molar-refractivity contribution is 6.12. The Morgan fingerprint density at radius 3 is 1.76 bits per heavy atom. The van der Waals surface area contributed by atoms with E-state index < -0.39 is 0 Å². The number of carbonyl (C=O) groups excluding carboxylic acids is 1. The lowest BCUT2D eigenvalue weighted by Gasteiger charge is -2.20. The summed E-state index contributed by atoms with van der Waals surface area (Å²) in [7, 11) is 0. The molecule has 1 heteroatoms. The highest BCUT2D eigenvalue weighted by atomic mass is 16.1. The predicted molar refractivity (Wildman–Crippen MR) is 86.9 cm³/mol. The van der Waals surface area contributed by atoms with Crippen LogP contribution in [0.25, 0.3) is 0 Å². The van der Waals surface area contributed by atoms with Crippen molar-refractivity contribution >= 4 is 5.78 Å². The van der Waals surface area contributed by atoms with Crippen molar-refractivity contribution in [1.82, 2.24) is 0 Å². The van der Waals surface area contributed by atoms with Crippen LogP contribution in [0.3, 0.4) is 0 Å². The summed E-state index contributed by atoms with van der Waals surface area (Å²) >= 11 is 0. The summed E-state index contributed by atoms with van der Waals surface area (Å²) in [5.41, 5.74) is 6.35. The van der Waals surface area contributed by atoms with Gasteiger partial charge in [0, 0.05) is 11.1 Å². The Kier molecular flexibility index (Phi) is 3.57. The third-order valence-corrected chi connectivity index (χ3v) is 3.97. The number of hydrogen-bond donors (Lipinski definition) is 0. The van der Waals surface area contributed by atoms with E-state index >= 15 is 0 Å². The zero-order chi connectivity index (χ0) is 14.8. The molecule has 0 amide bonds. The Hall–Kier alpha value is -2.41. The highest BCUT2D eigenvalue weighted by Gasteiger charge is 2.23. The zero-order valence-electron chi connectivity index (χ0n) is 12.1. The van der Waals surface area contributed by atoms with Gasteiger partial charge in [-0.25, -0.2) is 0 Å². The van der Waals surface area contributed by atoms with Crippen LogP contribution in [0.4, 0.5) is 0 Å². The standard InChI is InChI=1S/C20H18O/c1-3-5-14-7-9-18-16(11-14)13-17-12-15(6-4-2)8-10-19(17)20(18)21/h3-4,7-12H,1-2,5-6,13H2. The van der Waals surface area contributed by atoms with Gasteiger partial charge in [-0.3, -0.25) is 4.79 Å². The van der Waals surface area contributed by atoms with Crippen LogP contribution in [-0.2, 0) is 19.3 Å². The number of allylic oxidation sites excluding steroid dienone is 2. The Bertz CT molecular complexity index is 676. The molecule has 0 saturated carbocycles. The lowest BCUT2D eigenvalue weighted by Crippen LogP contribution is -2.15. The first-order valence-corrected chi connectivity index (χ1v) is 7.23. The fourth-order valence-corrected chi connectivity index (χ4v) is 2.97. The quantitative estimate of drug-likeness (QED) is 0.649. The summed E-state index contributed by atoms with van der Waals surface area (Å²) in [6.45, 7) is 7.55. The molecule has 1 aliphatic rings. The molecule has 0 unspecified atom stereocenters. The van der Waals surface area contributed by atoms with Crippen molar-refractivity contribution in [2.24, 2.45) is 0 Å². The molecule has 0 bridgehead atoms. The molecule has 3 rings (SSSR count). The second-order valence-electron chi connectivity index (χ2n) is 5.47. The van der Waals surface area contributed by atoms with Gasteiger partial charge in [0.1, 0.15) is 0 Å². The molecule has 0 aliphatic heterocycles. The van der Waals surface area contributed by atoms with Crippen LogP contribution in [0.2, 0.25) is 0 Å². The maximum absolute atomic E-state index is 12.6. The lowest BCUT2D eigenvalue weighted by molar-refractivity contribution is 0.103. The van der Waals surface area contributed by atoms with Gasteiger partial charge in [-0.05, 0) is 41.5 Å². The van der Waals surface area contributed by atoms with E-state index in [0.717, 1.165) is 41.5 Å². The van der Waals surface area contributed by atoms with E-state index in [2.05, 4.69) is 25.3 Å². The minimum atomic E-state index is 0.140. The molecule has 0 saturated heterocycles. The van der Waals surface area contributed by atoms with Gasteiger partial charge in [-0.1, -0.05) is 48.6 Å². The SMILES string of the molecule is C=CCc1ccc2c(c1)Cc1cc(CC=C)ccc1C2=O. The Labute approximate surface area is 125 Å². The normalized spacial score (nSPS) is 12.5. The smallest absolute Gasteiger partial charge is 0.193 e. The van der Waals surface area contributed by atoms with E-state index in [1.165, 1.54) is 11.1 Å². The van der Waals surface area contributed by atoms with Crippen molar-refractivity contribution < 1.29 is 4.79 Å². The van der Waals surface area contributed by atoms with Gasteiger partial charge in [0.2, 0.25) is 0 Å². The van der Waals surface area contributed by atoms with Gasteiger partial charge in [0.05, 0.1) is 0 Å². The van der Waals surface area contributed by atoms with Crippen LogP contribution in [0.15, 0.2) is 61.7 Å². The monoisotopic (exact) mass is 274 g/mol. The fourth-order valence-electron chi connectivity index (χ4n) is 2.97. The van der Waals surface area contributed by atoms with E-state index in [0.29, 0.717) is 0 Å². The van der Waals surface area contributed by atoms with Gasteiger partial charge in [0.25, 0.3) is 0 Å². The summed E-state index contributed by atoms with van der Waals surface area (Å²) in [5.74, 6) is 0.140. The molecule has 0 radical (unpaired) electrons. The van der Waals surface area contributed by atoms with Crippen molar-refractivity contribution in [2.75, 3.05) is 0 Å². The molecule has 0 heterocycles. The summed E-state index contributed by atoms with van der Waals surface area (Å²) in [5, 5.41) is 0. The molecule has 0 aromatic heterocycles. The van der Waals surface area contributed by atoms with Crippen LogP contribution < -0.4 is 0 Å². The van der Waals surface area contributed by atoms with Crippen LogP contribution in [0, 0.1) is 0 Å². The molecule has 0 N–H and O–H groups in total. The summed E-state index contributed by atoms with van der Waals surface area (Å²) in [6.07, 6.45) is 6.28. The summed E-state index contributed by atoms with van der Waals surface area (Å²) in [4.78, 5) is 12.6. The molecule has 104 valence electrons. The Balaban J connectivity index is 2.04. The van der Waals surface area contributed by atoms with Crippen molar-refractivity contribution in [2.45, 2.75) is 19.3 Å². The van der Waals surface area contributed by atoms with Crippen molar-refractivity contribution in [3.05, 3.63) is 95.1 Å². The molecule has 0 fully saturated rings. The van der Waals surface area contributed by atoms with Crippen LogP contribution in [0.5, 0.6) is 0 Å². The molecule has 0 spiro atoms. The van der Waals surface area contributed by atoms with E-state index in [1.54, 1.807) is 0 Å². The van der Waals surface area contributed by atoms with Crippen molar-refractivity contribution in [3.8, 4) is 0 Å². The number of hydrogen-bond acceptors (Lipinski definition) is 1. The Morgan fingerprint density at radius 1 is 0.857 bits per heavy atom. The lowest BCUT2D eigenvalue weighted by atomic mass is 9.83. The maximum atomic E-state index is 12.6. The maximum Gasteiger partial charge on any atom is 0.193 e. The van der Waals surface area contributed by atoms with Gasteiger partial charge in [-0.15, -0.1) is 13.2 Å². The van der Waals surface area contributed by atoms with Gasteiger partial charge < -0.3 is 0 Å². The number of carbonyl (C=O) groups is 1. The average Bonchev–Trinajstić information content (AvgIpc) is 2.48.